The summed E-state index contributed by atoms with van der Waals surface area (Å²) < 4.78 is 16.2. The van der Waals surface area contributed by atoms with E-state index in [2.05, 4.69) is 6.92 Å². The minimum atomic E-state index is -0.495. The maximum atomic E-state index is 13.8. The fourth-order valence-corrected chi connectivity index (χ4v) is 4.93. The van der Waals surface area contributed by atoms with Gasteiger partial charge in [0.2, 0.25) is 5.75 Å². The van der Waals surface area contributed by atoms with E-state index in [4.69, 9.17) is 19.2 Å². The molecule has 196 valence electrons. The fraction of sp³-hybridized carbons (Fsp3) is 0.233. The number of amides is 1. The summed E-state index contributed by atoms with van der Waals surface area (Å²) >= 11 is 1.29. The van der Waals surface area contributed by atoms with Crippen LogP contribution in [-0.2, 0) is 9.59 Å². The van der Waals surface area contributed by atoms with Gasteiger partial charge in [0.1, 0.15) is 0 Å². The van der Waals surface area contributed by atoms with Crippen molar-refractivity contribution in [1.82, 2.24) is 0 Å². The molecule has 0 aliphatic carbocycles. The summed E-state index contributed by atoms with van der Waals surface area (Å²) in [4.78, 5) is 32.3. The zero-order chi connectivity index (χ0) is 27.6. The highest BCUT2D eigenvalue weighted by molar-refractivity contribution is 8.19. The Bertz CT molecular complexity index is 1470. The number of nitrogens with zero attached hydrogens (tertiary/aromatic N) is 2. The molecule has 1 heterocycles. The van der Waals surface area contributed by atoms with Crippen LogP contribution in [0.25, 0.3) is 6.08 Å². The molecule has 1 aliphatic heterocycles. The molecular weight excluding hydrogens is 500 g/mol. The van der Waals surface area contributed by atoms with Gasteiger partial charge in [-0.05, 0) is 110 Å². The van der Waals surface area contributed by atoms with Crippen LogP contribution < -0.4 is 19.1 Å². The monoisotopic (exact) mass is 530 g/mol. The van der Waals surface area contributed by atoms with E-state index in [-0.39, 0.29) is 11.7 Å². The van der Waals surface area contributed by atoms with Crippen molar-refractivity contribution in [3.63, 3.8) is 0 Å². The Kier molecular flexibility index (Phi) is 7.92. The molecule has 4 rings (SSSR count). The zero-order valence-corrected chi connectivity index (χ0v) is 23.4. The number of rotatable bonds is 6. The first kappa shape index (κ1) is 27.0. The van der Waals surface area contributed by atoms with Crippen LogP contribution in [0.15, 0.2) is 58.4 Å². The van der Waals surface area contributed by atoms with Gasteiger partial charge in [0, 0.05) is 6.92 Å². The van der Waals surface area contributed by atoms with E-state index < -0.39 is 5.97 Å². The second-order valence-electron chi connectivity index (χ2n) is 9.03. The fourth-order valence-electron chi connectivity index (χ4n) is 3.93. The third-order valence-electron chi connectivity index (χ3n) is 6.30. The summed E-state index contributed by atoms with van der Waals surface area (Å²) in [5.74, 6) is 0.130. The predicted molar refractivity (Wildman–Crippen MR) is 153 cm³/mol. The molecule has 0 atom stereocenters. The van der Waals surface area contributed by atoms with Crippen LogP contribution >= 0.6 is 11.8 Å². The smallest absolute Gasteiger partial charge is 0.308 e. The minimum Gasteiger partial charge on any atom is -0.493 e. The number of hydrogen-bond donors (Lipinski definition) is 0. The maximum absolute atomic E-state index is 13.8. The van der Waals surface area contributed by atoms with Crippen LogP contribution in [0.2, 0.25) is 0 Å². The standard InChI is InChI=1S/C30H30N2O5S/c1-17-8-10-23(12-19(17)3)31-30-32(24-11-9-18(2)20(4)13-24)29(34)27(38-30)16-22-14-25(35-6)28(37-21(5)33)26(15-22)36-7/h8-16H,1-7H3/b27-16-,31-30?. The maximum Gasteiger partial charge on any atom is 0.308 e. The second kappa shape index (κ2) is 11.1. The number of ether oxygens (including phenoxy) is 3. The van der Waals surface area contributed by atoms with Crippen molar-refractivity contribution >= 4 is 46.3 Å². The molecule has 0 saturated carbocycles. The number of anilines is 1. The molecule has 0 radical (unpaired) electrons. The predicted octanol–water partition coefficient (Wildman–Crippen LogP) is 6.67. The summed E-state index contributed by atoms with van der Waals surface area (Å²) in [5.41, 5.74) is 6.70. The van der Waals surface area contributed by atoms with Crippen molar-refractivity contribution in [3.05, 3.63) is 81.3 Å². The van der Waals surface area contributed by atoms with Gasteiger partial charge in [0.25, 0.3) is 5.91 Å². The molecule has 38 heavy (non-hydrogen) atoms. The van der Waals surface area contributed by atoms with Crippen LogP contribution in [0.5, 0.6) is 17.2 Å². The third kappa shape index (κ3) is 5.60. The summed E-state index contributed by atoms with van der Waals surface area (Å²) in [6.45, 7) is 9.46. The Morgan fingerprint density at radius 3 is 2.03 bits per heavy atom. The Morgan fingerprint density at radius 2 is 1.47 bits per heavy atom. The number of esters is 1. The molecule has 0 N–H and O–H groups in total. The number of carbonyl (C=O) groups excluding carboxylic acids is 2. The van der Waals surface area contributed by atoms with Crippen molar-refractivity contribution in [2.75, 3.05) is 19.1 Å². The lowest BCUT2D eigenvalue weighted by Crippen LogP contribution is -2.28. The summed E-state index contributed by atoms with van der Waals surface area (Å²) in [6, 6.07) is 15.3. The highest BCUT2D eigenvalue weighted by atomic mass is 32.2. The average molecular weight is 531 g/mol. The number of aliphatic imine (C=N–C) groups is 1. The Labute approximate surface area is 227 Å². The van der Waals surface area contributed by atoms with Gasteiger partial charge in [-0.25, -0.2) is 4.99 Å². The molecule has 1 aliphatic rings. The molecule has 0 bridgehead atoms. The summed E-state index contributed by atoms with van der Waals surface area (Å²) in [7, 11) is 2.95. The van der Waals surface area contributed by atoms with E-state index in [1.807, 2.05) is 57.2 Å². The molecule has 3 aromatic carbocycles. The number of benzene rings is 3. The topological polar surface area (TPSA) is 77.4 Å². The van der Waals surface area contributed by atoms with Gasteiger partial charge in [-0.2, -0.15) is 0 Å². The van der Waals surface area contributed by atoms with E-state index in [9.17, 15) is 9.59 Å². The number of aryl methyl sites for hydroxylation is 4. The first-order valence-corrected chi connectivity index (χ1v) is 12.8. The number of hydrogen-bond acceptors (Lipinski definition) is 7. The SMILES string of the molecule is COc1cc(/C=C2\SC(=Nc3ccc(C)c(C)c3)N(c3ccc(C)c(C)c3)C2=O)cc(OC)c1OC(C)=O. The average Bonchev–Trinajstić information content (AvgIpc) is 3.17. The van der Waals surface area contributed by atoms with Crippen LogP contribution in [-0.4, -0.2) is 31.3 Å². The van der Waals surface area contributed by atoms with E-state index >= 15 is 0 Å². The van der Waals surface area contributed by atoms with E-state index in [0.717, 1.165) is 28.1 Å². The second-order valence-corrected chi connectivity index (χ2v) is 10.0. The lowest BCUT2D eigenvalue weighted by molar-refractivity contribution is -0.132. The Hall–Kier alpha value is -4.04. The molecule has 0 spiro atoms. The highest BCUT2D eigenvalue weighted by Gasteiger charge is 2.35. The highest BCUT2D eigenvalue weighted by Crippen LogP contribution is 2.42. The first-order valence-electron chi connectivity index (χ1n) is 12.0. The first-order chi connectivity index (χ1) is 18.1. The van der Waals surface area contributed by atoms with E-state index in [0.29, 0.717) is 27.1 Å². The van der Waals surface area contributed by atoms with Crippen LogP contribution in [0.3, 0.4) is 0 Å². The molecule has 7 nitrogen and oxygen atoms in total. The minimum absolute atomic E-state index is 0.184. The normalized spacial score (nSPS) is 15.3. The van der Waals surface area contributed by atoms with Gasteiger partial charge in [0.15, 0.2) is 16.7 Å². The number of amidine groups is 1. The number of thioether (sulfide) groups is 1. The van der Waals surface area contributed by atoms with Crippen molar-refractivity contribution < 1.29 is 23.8 Å². The van der Waals surface area contributed by atoms with Crippen LogP contribution in [0.1, 0.15) is 34.7 Å². The molecule has 0 unspecified atom stereocenters. The van der Waals surface area contributed by atoms with Gasteiger partial charge in [-0.3, -0.25) is 14.5 Å². The van der Waals surface area contributed by atoms with Gasteiger partial charge in [0.05, 0.1) is 30.5 Å². The molecule has 1 amide bonds. The van der Waals surface area contributed by atoms with Gasteiger partial charge in [-0.1, -0.05) is 12.1 Å². The van der Waals surface area contributed by atoms with E-state index in [1.165, 1.54) is 38.5 Å². The molecule has 1 fully saturated rings. The van der Waals surface area contributed by atoms with Crippen LogP contribution in [0.4, 0.5) is 11.4 Å². The number of methoxy groups -OCH3 is 2. The third-order valence-corrected chi connectivity index (χ3v) is 7.27. The molecule has 8 heteroatoms. The van der Waals surface area contributed by atoms with Crippen molar-refractivity contribution in [2.45, 2.75) is 34.6 Å². The zero-order valence-electron chi connectivity index (χ0n) is 22.5. The van der Waals surface area contributed by atoms with Crippen molar-refractivity contribution in [1.29, 1.82) is 0 Å². The molecule has 3 aromatic rings. The molecular formula is C30H30N2O5S. The van der Waals surface area contributed by atoms with Gasteiger partial charge >= 0.3 is 5.97 Å². The summed E-state index contributed by atoms with van der Waals surface area (Å²) in [6.07, 6.45) is 1.76. The Morgan fingerprint density at radius 1 is 0.868 bits per heavy atom. The Balaban J connectivity index is 1.82. The van der Waals surface area contributed by atoms with Gasteiger partial charge in [-0.15, -0.1) is 0 Å². The largest absolute Gasteiger partial charge is 0.493 e. The van der Waals surface area contributed by atoms with Gasteiger partial charge < -0.3 is 14.2 Å². The lowest BCUT2D eigenvalue weighted by Gasteiger charge is -2.17. The van der Waals surface area contributed by atoms with Crippen molar-refractivity contribution in [2.24, 2.45) is 4.99 Å². The lowest BCUT2D eigenvalue weighted by atomic mass is 10.1. The summed E-state index contributed by atoms with van der Waals surface area (Å²) in [5, 5.41) is 0.559. The van der Waals surface area contributed by atoms with Crippen molar-refractivity contribution in [3.8, 4) is 17.2 Å². The quantitative estimate of drug-likeness (QED) is 0.201. The number of carbonyl (C=O) groups is 2. The molecule has 1 saturated heterocycles. The molecule has 0 aromatic heterocycles. The van der Waals surface area contributed by atoms with E-state index in [1.54, 1.807) is 23.1 Å². The van der Waals surface area contributed by atoms with Crippen LogP contribution in [0, 0.1) is 27.7 Å².